The van der Waals surface area contributed by atoms with Crippen LogP contribution >= 0.6 is 23.1 Å². The number of amides is 1. The quantitative estimate of drug-likeness (QED) is 0.157. The highest BCUT2D eigenvalue weighted by Gasteiger charge is 2.41. The summed E-state index contributed by atoms with van der Waals surface area (Å²) in [5, 5.41) is 22.2. The van der Waals surface area contributed by atoms with Crippen LogP contribution in [0.4, 0.5) is 17.2 Å². The zero-order chi connectivity index (χ0) is 30.0. The predicted octanol–water partition coefficient (Wildman–Crippen LogP) is 5.88. The molecule has 218 valence electrons. The van der Waals surface area contributed by atoms with E-state index in [4.69, 9.17) is 19.9 Å². The van der Waals surface area contributed by atoms with Gasteiger partial charge in [0.2, 0.25) is 10.7 Å². The van der Waals surface area contributed by atoms with Gasteiger partial charge in [-0.05, 0) is 54.6 Å². The Labute approximate surface area is 251 Å². The molecule has 1 unspecified atom stereocenters. The number of thiazole rings is 1. The number of benzene rings is 3. The molecule has 42 heavy (non-hydrogen) atoms. The molecule has 1 atom stereocenters. The molecule has 0 saturated heterocycles. The van der Waals surface area contributed by atoms with E-state index in [-0.39, 0.29) is 11.7 Å². The monoisotopic (exact) mass is 605 g/mol. The van der Waals surface area contributed by atoms with Gasteiger partial charge in [-0.3, -0.25) is 4.79 Å². The van der Waals surface area contributed by atoms with Crippen molar-refractivity contribution in [2.24, 2.45) is 0 Å². The van der Waals surface area contributed by atoms with Crippen LogP contribution in [0.3, 0.4) is 0 Å². The number of hydrogen-bond donors (Lipinski definition) is 5. The summed E-state index contributed by atoms with van der Waals surface area (Å²) < 4.78 is 16.6. The molecule has 4 aromatic rings. The summed E-state index contributed by atoms with van der Waals surface area (Å²) in [5.74, 6) is 1.82. The second-order valence-corrected chi connectivity index (χ2v) is 11.5. The Morgan fingerprint density at radius 2 is 1.69 bits per heavy atom. The molecule has 5 rings (SSSR count). The molecule has 10 nitrogen and oxygen atoms in total. The Bertz CT molecular complexity index is 1640. The molecule has 2 heterocycles. The smallest absolute Gasteiger partial charge is 0.255 e. The van der Waals surface area contributed by atoms with Gasteiger partial charge < -0.3 is 41.0 Å². The van der Waals surface area contributed by atoms with Crippen molar-refractivity contribution in [3.63, 3.8) is 0 Å². The second kappa shape index (κ2) is 11.7. The number of rotatable bonds is 9. The number of aromatic hydroxyl groups is 1. The third-order valence-electron chi connectivity index (χ3n) is 6.75. The van der Waals surface area contributed by atoms with E-state index in [1.54, 1.807) is 52.8 Å². The fourth-order valence-electron chi connectivity index (χ4n) is 4.69. The van der Waals surface area contributed by atoms with Crippen molar-refractivity contribution in [1.82, 2.24) is 10.3 Å². The van der Waals surface area contributed by atoms with Crippen LogP contribution in [0.5, 0.6) is 23.0 Å². The number of nitrogen functional groups attached to an aromatic ring is 1. The molecule has 1 aliphatic heterocycles. The number of nitrogens with one attached hydrogen (secondary N) is 3. The van der Waals surface area contributed by atoms with E-state index in [1.165, 1.54) is 23.1 Å². The molecule has 1 amide bonds. The molecular weight excluding hydrogens is 574 g/mol. The molecule has 3 aromatic carbocycles. The summed E-state index contributed by atoms with van der Waals surface area (Å²) in [4.78, 5) is 17.2. The Morgan fingerprint density at radius 1 is 1.00 bits per heavy atom. The van der Waals surface area contributed by atoms with Crippen molar-refractivity contribution in [2.45, 2.75) is 18.8 Å². The van der Waals surface area contributed by atoms with Crippen molar-refractivity contribution >= 4 is 51.9 Å². The third-order valence-corrected chi connectivity index (χ3v) is 8.96. The number of carbonyl (C=O) groups is 1. The maximum absolute atomic E-state index is 13.0. The van der Waals surface area contributed by atoms with Crippen molar-refractivity contribution in [3.05, 3.63) is 86.6 Å². The zero-order valence-electron chi connectivity index (χ0n) is 23.7. The number of thioether (sulfide) groups is 1. The number of carbonyl (C=O) groups excluding carboxylic acids is 1. The van der Waals surface area contributed by atoms with E-state index in [2.05, 4.69) is 20.9 Å². The highest BCUT2D eigenvalue weighted by atomic mass is 32.2. The molecule has 1 aromatic heterocycles. The van der Waals surface area contributed by atoms with Gasteiger partial charge in [-0.25, -0.2) is 4.98 Å². The lowest BCUT2D eigenvalue weighted by Crippen LogP contribution is -2.42. The molecule has 0 radical (unpaired) electrons. The first-order valence-corrected chi connectivity index (χ1v) is 14.6. The number of phenolic OH excluding ortho intramolecular Hbond substituents is 1. The molecule has 0 spiro atoms. The SMILES string of the molecule is COc1cc(NC2(c3scnc3N)NC(c3cccc(NC(=O)c4cc(C)c(O)c(C)c4)c3)=CS2)cc(OC)c1OC. The van der Waals surface area contributed by atoms with E-state index < -0.39 is 4.99 Å². The van der Waals surface area contributed by atoms with Gasteiger partial charge in [0.15, 0.2) is 11.5 Å². The number of anilines is 3. The van der Waals surface area contributed by atoms with Crippen molar-refractivity contribution < 1.29 is 24.1 Å². The molecule has 0 aliphatic carbocycles. The van der Waals surface area contributed by atoms with Crippen LogP contribution in [0.1, 0.15) is 31.9 Å². The summed E-state index contributed by atoms with van der Waals surface area (Å²) in [6, 6.07) is 14.5. The van der Waals surface area contributed by atoms with Crippen LogP contribution < -0.4 is 35.9 Å². The standard InChI is InChI=1S/C30H31N5O5S2/c1-16-9-19(10-17(2)25(16)36)29(37)33-20-8-6-7-18(11-20)22-14-42-30(35-22,27-28(31)32-15-41-27)34-21-12-23(38-3)26(40-5)24(13-21)39-4/h6-15,34-36H,31H2,1-5H3,(H,33,37). The van der Waals surface area contributed by atoms with Gasteiger partial charge in [-0.1, -0.05) is 23.9 Å². The summed E-state index contributed by atoms with van der Waals surface area (Å²) >= 11 is 2.92. The number of nitrogens with two attached hydrogens (primary N) is 1. The van der Waals surface area contributed by atoms with E-state index >= 15 is 0 Å². The van der Waals surface area contributed by atoms with Gasteiger partial charge in [-0.2, -0.15) is 0 Å². The van der Waals surface area contributed by atoms with Gasteiger partial charge >= 0.3 is 0 Å². The number of ether oxygens (including phenoxy) is 3. The number of hydrogen-bond acceptors (Lipinski definition) is 11. The second-order valence-electron chi connectivity index (χ2n) is 9.55. The lowest BCUT2D eigenvalue weighted by Gasteiger charge is -2.32. The van der Waals surface area contributed by atoms with Crippen molar-refractivity contribution in [3.8, 4) is 23.0 Å². The number of aromatic nitrogens is 1. The minimum Gasteiger partial charge on any atom is -0.507 e. The normalized spacial score (nSPS) is 15.9. The van der Waals surface area contributed by atoms with Crippen molar-refractivity contribution in [2.75, 3.05) is 37.7 Å². The average molecular weight is 606 g/mol. The first-order valence-electron chi connectivity index (χ1n) is 12.8. The van der Waals surface area contributed by atoms with Crippen LogP contribution in [0.2, 0.25) is 0 Å². The third kappa shape index (κ3) is 5.50. The molecule has 0 fully saturated rings. The predicted molar refractivity (Wildman–Crippen MR) is 169 cm³/mol. The maximum Gasteiger partial charge on any atom is 0.255 e. The number of nitrogens with zero attached hydrogens (tertiary/aromatic N) is 1. The largest absolute Gasteiger partial charge is 0.507 e. The zero-order valence-corrected chi connectivity index (χ0v) is 25.3. The minimum absolute atomic E-state index is 0.190. The Kier molecular flexibility index (Phi) is 8.10. The van der Waals surface area contributed by atoms with Gasteiger partial charge in [0.05, 0.1) is 32.5 Å². The highest BCUT2D eigenvalue weighted by molar-refractivity contribution is 8.03. The van der Waals surface area contributed by atoms with Gasteiger partial charge in [0.25, 0.3) is 5.91 Å². The van der Waals surface area contributed by atoms with Gasteiger partial charge in [0, 0.05) is 34.6 Å². The topological polar surface area (TPSA) is 140 Å². The number of methoxy groups -OCH3 is 3. The van der Waals surface area contributed by atoms with E-state index in [1.807, 2.05) is 41.8 Å². The van der Waals surface area contributed by atoms with Crippen LogP contribution in [0.25, 0.3) is 5.70 Å². The van der Waals surface area contributed by atoms with Crippen molar-refractivity contribution in [1.29, 1.82) is 0 Å². The fourth-order valence-corrected chi connectivity index (χ4v) is 6.74. The molecule has 0 bridgehead atoms. The molecular formula is C30H31N5O5S2. The first-order chi connectivity index (χ1) is 20.2. The van der Waals surface area contributed by atoms with Crippen LogP contribution in [-0.4, -0.2) is 37.3 Å². The van der Waals surface area contributed by atoms with Crippen LogP contribution in [-0.2, 0) is 4.99 Å². The van der Waals surface area contributed by atoms with E-state index in [0.29, 0.717) is 51.1 Å². The molecule has 12 heteroatoms. The van der Waals surface area contributed by atoms with E-state index in [9.17, 15) is 9.90 Å². The summed E-state index contributed by atoms with van der Waals surface area (Å²) in [6.45, 7) is 3.54. The minimum atomic E-state index is -0.897. The Morgan fingerprint density at radius 3 is 2.29 bits per heavy atom. The van der Waals surface area contributed by atoms with Crippen LogP contribution in [0.15, 0.2) is 59.4 Å². The molecule has 6 N–H and O–H groups in total. The number of phenols is 1. The van der Waals surface area contributed by atoms with Crippen LogP contribution in [0, 0.1) is 13.8 Å². The van der Waals surface area contributed by atoms with Gasteiger partial charge in [0.1, 0.15) is 16.4 Å². The lowest BCUT2D eigenvalue weighted by molar-refractivity contribution is 0.102. The fraction of sp³-hybridized carbons (Fsp3) is 0.200. The number of aryl methyl sites for hydroxylation is 2. The van der Waals surface area contributed by atoms with E-state index in [0.717, 1.165) is 16.1 Å². The van der Waals surface area contributed by atoms with Gasteiger partial charge in [-0.15, -0.1) is 11.3 Å². The Balaban J connectivity index is 1.43. The molecule has 1 aliphatic rings. The Hall–Kier alpha value is -4.55. The summed E-state index contributed by atoms with van der Waals surface area (Å²) in [6.07, 6.45) is 0. The lowest BCUT2D eigenvalue weighted by atomic mass is 10.0. The summed E-state index contributed by atoms with van der Waals surface area (Å²) in [5.41, 5.74) is 12.8. The summed E-state index contributed by atoms with van der Waals surface area (Å²) in [7, 11) is 4.69. The highest BCUT2D eigenvalue weighted by Crippen LogP contribution is 2.49. The maximum atomic E-state index is 13.0. The first kappa shape index (κ1) is 29.0. The molecule has 0 saturated carbocycles. The average Bonchev–Trinajstić information content (AvgIpc) is 3.62.